The third-order valence-corrected chi connectivity index (χ3v) is 3.29. The number of benzene rings is 2. The van der Waals surface area contributed by atoms with Gasteiger partial charge in [-0.3, -0.25) is 4.79 Å². The molecule has 0 heterocycles. The Bertz CT molecular complexity index is 831. The summed E-state index contributed by atoms with van der Waals surface area (Å²) in [4.78, 5) is 23.8. The second kappa shape index (κ2) is 8.46. The second-order valence-electron chi connectivity index (χ2n) is 5.77. The van der Waals surface area contributed by atoms with E-state index < -0.39 is 0 Å². The first-order valence-corrected chi connectivity index (χ1v) is 7.88. The van der Waals surface area contributed by atoms with E-state index in [2.05, 4.69) is 16.7 Å². The Balaban J connectivity index is 2.01. The number of carbonyl (C=O) groups is 2. The number of nitrogens with one attached hydrogen (secondary N) is 2. The highest BCUT2D eigenvalue weighted by molar-refractivity contribution is 6.07. The van der Waals surface area contributed by atoms with Gasteiger partial charge in [0.1, 0.15) is 0 Å². The van der Waals surface area contributed by atoms with Gasteiger partial charge in [0.15, 0.2) is 5.78 Å². The van der Waals surface area contributed by atoms with E-state index in [0.29, 0.717) is 16.8 Å². The molecule has 5 nitrogen and oxygen atoms in total. The molecule has 0 bridgehead atoms. The molecule has 0 unspecified atom stereocenters. The number of anilines is 1. The maximum atomic E-state index is 12.2. The molecule has 0 aliphatic carbocycles. The minimum atomic E-state index is -0.286. The summed E-state index contributed by atoms with van der Waals surface area (Å²) in [5.41, 5.74) is 2.46. The van der Waals surface area contributed by atoms with Crippen molar-refractivity contribution in [3.63, 3.8) is 0 Å². The number of hydrogen-bond acceptors (Lipinski definition) is 3. The Morgan fingerprint density at radius 2 is 1.84 bits per heavy atom. The number of hydrogen-bond donors (Lipinski definition) is 2. The molecule has 2 aromatic rings. The van der Waals surface area contributed by atoms with E-state index in [1.165, 1.54) is 6.08 Å². The Morgan fingerprint density at radius 3 is 2.48 bits per heavy atom. The summed E-state index contributed by atoms with van der Waals surface area (Å²) in [6.45, 7) is 3.75. The normalized spacial score (nSPS) is 10.5. The third kappa shape index (κ3) is 5.63. The van der Waals surface area contributed by atoms with E-state index >= 15 is 0 Å². The van der Waals surface area contributed by atoms with Gasteiger partial charge in [-0.25, -0.2) is 4.79 Å². The molecule has 2 N–H and O–H groups in total. The van der Waals surface area contributed by atoms with Gasteiger partial charge >= 0.3 is 6.03 Å². The summed E-state index contributed by atoms with van der Waals surface area (Å²) in [5.74, 6) is -0.152. The first-order chi connectivity index (χ1) is 12.0. The largest absolute Gasteiger partial charge is 0.336 e. The van der Waals surface area contributed by atoms with Crippen molar-refractivity contribution in [1.82, 2.24) is 5.32 Å². The lowest BCUT2D eigenvalue weighted by Crippen LogP contribution is -2.34. The number of allylic oxidation sites excluding steroid dienone is 1. The van der Waals surface area contributed by atoms with E-state index in [1.807, 2.05) is 19.9 Å². The Labute approximate surface area is 147 Å². The molecule has 2 amide bonds. The van der Waals surface area contributed by atoms with E-state index in [-0.39, 0.29) is 17.9 Å². The molecular weight excluding hydrogens is 314 g/mol. The van der Waals surface area contributed by atoms with Gasteiger partial charge in [-0.1, -0.05) is 18.2 Å². The highest BCUT2D eigenvalue weighted by Gasteiger charge is 2.05. The number of ketones is 1. The fourth-order valence-corrected chi connectivity index (χ4v) is 2.13. The average Bonchev–Trinajstić information content (AvgIpc) is 2.59. The van der Waals surface area contributed by atoms with E-state index in [9.17, 15) is 9.59 Å². The van der Waals surface area contributed by atoms with E-state index in [1.54, 1.807) is 48.5 Å². The van der Waals surface area contributed by atoms with Crippen molar-refractivity contribution < 1.29 is 9.59 Å². The van der Waals surface area contributed by atoms with Crippen LogP contribution >= 0.6 is 0 Å². The van der Waals surface area contributed by atoms with Crippen LogP contribution in [0.15, 0.2) is 54.6 Å². The molecule has 0 aromatic heterocycles. The molecule has 25 heavy (non-hydrogen) atoms. The standard InChI is InChI=1S/C20H19N3O2/c1-14(2)22-20(25)23-18-9-7-17(8-10-18)19(24)11-6-15-4-3-5-16(12-15)13-21/h3-12,14H,1-2H3,(H2,22,23,25). The molecule has 126 valence electrons. The van der Waals surface area contributed by atoms with Crippen molar-refractivity contribution in [2.45, 2.75) is 19.9 Å². The molecule has 0 aliphatic rings. The van der Waals surface area contributed by atoms with Crippen LogP contribution in [-0.2, 0) is 0 Å². The van der Waals surface area contributed by atoms with Crippen molar-refractivity contribution >= 4 is 23.6 Å². The van der Waals surface area contributed by atoms with Crippen molar-refractivity contribution in [2.75, 3.05) is 5.32 Å². The summed E-state index contributed by atoms with van der Waals surface area (Å²) in [7, 11) is 0. The van der Waals surface area contributed by atoms with Gasteiger partial charge in [-0.05, 0) is 61.9 Å². The summed E-state index contributed by atoms with van der Waals surface area (Å²) in [6.07, 6.45) is 3.13. The van der Waals surface area contributed by atoms with Crippen LogP contribution in [0.2, 0.25) is 0 Å². The van der Waals surface area contributed by atoms with Gasteiger partial charge in [0, 0.05) is 17.3 Å². The zero-order chi connectivity index (χ0) is 18.2. The predicted octanol–water partition coefficient (Wildman–Crippen LogP) is 3.98. The highest BCUT2D eigenvalue weighted by Crippen LogP contribution is 2.12. The van der Waals surface area contributed by atoms with Crippen LogP contribution < -0.4 is 10.6 Å². The van der Waals surface area contributed by atoms with Crippen LogP contribution in [0.1, 0.15) is 35.3 Å². The Hall–Kier alpha value is -3.39. The fraction of sp³-hybridized carbons (Fsp3) is 0.150. The molecule has 0 spiro atoms. The summed E-state index contributed by atoms with van der Waals surface area (Å²) in [5, 5.41) is 14.3. The molecule has 0 atom stereocenters. The number of urea groups is 1. The van der Waals surface area contributed by atoms with Crippen molar-refractivity contribution in [1.29, 1.82) is 5.26 Å². The highest BCUT2D eigenvalue weighted by atomic mass is 16.2. The molecule has 5 heteroatoms. The molecule has 0 fully saturated rings. The van der Waals surface area contributed by atoms with Gasteiger partial charge in [0.25, 0.3) is 0 Å². The molecule has 0 saturated carbocycles. The van der Waals surface area contributed by atoms with Crippen LogP contribution in [0, 0.1) is 11.3 Å². The smallest absolute Gasteiger partial charge is 0.319 e. The molecule has 0 saturated heterocycles. The van der Waals surface area contributed by atoms with Crippen molar-refractivity contribution in [3.8, 4) is 6.07 Å². The zero-order valence-corrected chi connectivity index (χ0v) is 14.1. The topological polar surface area (TPSA) is 82.0 Å². The first-order valence-electron chi connectivity index (χ1n) is 7.88. The lowest BCUT2D eigenvalue weighted by molar-refractivity contribution is 0.104. The average molecular weight is 333 g/mol. The number of nitrogens with zero attached hydrogens (tertiary/aromatic N) is 1. The van der Waals surface area contributed by atoms with Crippen molar-refractivity contribution in [2.24, 2.45) is 0 Å². The molecular formula is C20H19N3O2. The summed E-state index contributed by atoms with van der Waals surface area (Å²) >= 11 is 0. The maximum Gasteiger partial charge on any atom is 0.319 e. The molecule has 0 radical (unpaired) electrons. The first kappa shape index (κ1) is 18.0. The quantitative estimate of drug-likeness (QED) is 0.641. The van der Waals surface area contributed by atoms with E-state index in [4.69, 9.17) is 5.26 Å². The Morgan fingerprint density at radius 1 is 1.12 bits per heavy atom. The molecule has 2 rings (SSSR count). The third-order valence-electron chi connectivity index (χ3n) is 3.29. The van der Waals surface area contributed by atoms with Crippen LogP contribution in [0.5, 0.6) is 0 Å². The van der Waals surface area contributed by atoms with Gasteiger partial charge in [-0.2, -0.15) is 5.26 Å². The van der Waals surface area contributed by atoms with Crippen LogP contribution in [0.4, 0.5) is 10.5 Å². The number of nitriles is 1. The number of rotatable bonds is 5. The van der Waals surface area contributed by atoms with E-state index in [0.717, 1.165) is 5.56 Å². The van der Waals surface area contributed by atoms with Crippen LogP contribution in [-0.4, -0.2) is 17.9 Å². The number of amides is 2. The maximum absolute atomic E-state index is 12.2. The minimum absolute atomic E-state index is 0.0468. The number of carbonyl (C=O) groups excluding carboxylic acids is 2. The van der Waals surface area contributed by atoms with Gasteiger partial charge < -0.3 is 10.6 Å². The SMILES string of the molecule is CC(C)NC(=O)Nc1ccc(C(=O)C=Cc2cccc(C#N)c2)cc1. The molecule has 0 aliphatic heterocycles. The predicted molar refractivity (Wildman–Crippen MR) is 98.3 cm³/mol. The van der Waals surface area contributed by atoms with Gasteiger partial charge in [0.2, 0.25) is 0 Å². The monoisotopic (exact) mass is 333 g/mol. The van der Waals surface area contributed by atoms with Crippen molar-refractivity contribution in [3.05, 3.63) is 71.3 Å². The molecule has 2 aromatic carbocycles. The van der Waals surface area contributed by atoms with Crippen LogP contribution in [0.25, 0.3) is 6.08 Å². The summed E-state index contributed by atoms with van der Waals surface area (Å²) < 4.78 is 0. The summed E-state index contributed by atoms with van der Waals surface area (Å²) in [6, 6.07) is 15.5. The fourth-order valence-electron chi connectivity index (χ4n) is 2.13. The van der Waals surface area contributed by atoms with Crippen LogP contribution in [0.3, 0.4) is 0 Å². The second-order valence-corrected chi connectivity index (χ2v) is 5.77. The zero-order valence-electron chi connectivity index (χ0n) is 14.1. The lowest BCUT2D eigenvalue weighted by atomic mass is 10.1. The lowest BCUT2D eigenvalue weighted by Gasteiger charge is -2.10. The minimum Gasteiger partial charge on any atom is -0.336 e. The van der Waals surface area contributed by atoms with Gasteiger partial charge in [-0.15, -0.1) is 0 Å². The Kier molecular flexibility index (Phi) is 6.08. The van der Waals surface area contributed by atoms with Gasteiger partial charge in [0.05, 0.1) is 11.6 Å².